The molecule has 0 unspecified atom stereocenters. The van der Waals surface area contributed by atoms with Crippen LogP contribution in [0.25, 0.3) is 0 Å². The SMILES string of the molecule is Cc1cc(S(=O)(=O)N2CCCCC2)ccc1OCC(=O)N[C@H](C)c1ccc(Br)cc1. The van der Waals surface area contributed by atoms with E-state index in [1.54, 1.807) is 29.4 Å². The summed E-state index contributed by atoms with van der Waals surface area (Å²) in [5.41, 5.74) is 1.68. The van der Waals surface area contributed by atoms with Gasteiger partial charge in [0.1, 0.15) is 5.75 Å². The molecule has 30 heavy (non-hydrogen) atoms. The zero-order chi connectivity index (χ0) is 21.7. The van der Waals surface area contributed by atoms with Gasteiger partial charge in [-0.05, 0) is 68.1 Å². The number of ether oxygens (including phenoxy) is 1. The third-order valence-electron chi connectivity index (χ3n) is 5.21. The highest BCUT2D eigenvalue weighted by atomic mass is 79.9. The zero-order valence-corrected chi connectivity index (χ0v) is 19.6. The summed E-state index contributed by atoms with van der Waals surface area (Å²) >= 11 is 3.39. The van der Waals surface area contributed by atoms with Gasteiger partial charge >= 0.3 is 0 Å². The Labute approximate surface area is 186 Å². The molecule has 1 aliphatic heterocycles. The fraction of sp³-hybridized carbons (Fsp3) is 0.409. The molecule has 2 aromatic carbocycles. The number of hydrogen-bond donors (Lipinski definition) is 1. The van der Waals surface area contributed by atoms with Gasteiger partial charge < -0.3 is 10.1 Å². The van der Waals surface area contributed by atoms with E-state index >= 15 is 0 Å². The van der Waals surface area contributed by atoms with Crippen molar-refractivity contribution in [3.05, 3.63) is 58.1 Å². The van der Waals surface area contributed by atoms with E-state index in [1.807, 2.05) is 31.2 Å². The highest BCUT2D eigenvalue weighted by Gasteiger charge is 2.26. The number of carbonyl (C=O) groups excluding carboxylic acids is 1. The van der Waals surface area contributed by atoms with Crippen molar-refractivity contribution in [1.82, 2.24) is 9.62 Å². The van der Waals surface area contributed by atoms with Crippen molar-refractivity contribution in [1.29, 1.82) is 0 Å². The first-order valence-corrected chi connectivity index (χ1v) is 12.3. The van der Waals surface area contributed by atoms with Gasteiger partial charge in [-0.3, -0.25) is 4.79 Å². The number of amides is 1. The molecule has 0 spiro atoms. The molecule has 1 fully saturated rings. The van der Waals surface area contributed by atoms with Crippen LogP contribution < -0.4 is 10.1 Å². The topological polar surface area (TPSA) is 75.7 Å². The van der Waals surface area contributed by atoms with Crippen molar-refractivity contribution in [3.63, 3.8) is 0 Å². The van der Waals surface area contributed by atoms with Crippen LogP contribution in [0.15, 0.2) is 51.8 Å². The Balaban J connectivity index is 1.59. The van der Waals surface area contributed by atoms with Gasteiger partial charge in [0.05, 0.1) is 10.9 Å². The number of nitrogens with one attached hydrogen (secondary N) is 1. The molecule has 0 aliphatic carbocycles. The van der Waals surface area contributed by atoms with Gasteiger partial charge in [0.2, 0.25) is 10.0 Å². The lowest BCUT2D eigenvalue weighted by Crippen LogP contribution is -2.35. The summed E-state index contributed by atoms with van der Waals surface area (Å²) in [6, 6.07) is 12.4. The molecule has 6 nitrogen and oxygen atoms in total. The quantitative estimate of drug-likeness (QED) is 0.625. The molecule has 1 amide bonds. The molecule has 0 saturated carbocycles. The van der Waals surface area contributed by atoms with E-state index in [0.29, 0.717) is 24.4 Å². The Morgan fingerprint density at radius 1 is 1.13 bits per heavy atom. The van der Waals surface area contributed by atoms with E-state index in [9.17, 15) is 13.2 Å². The van der Waals surface area contributed by atoms with Crippen molar-refractivity contribution in [2.24, 2.45) is 0 Å². The van der Waals surface area contributed by atoms with E-state index in [0.717, 1.165) is 29.3 Å². The zero-order valence-electron chi connectivity index (χ0n) is 17.2. The Hall–Kier alpha value is -1.90. The van der Waals surface area contributed by atoms with Gasteiger partial charge in [-0.2, -0.15) is 4.31 Å². The number of carbonyl (C=O) groups is 1. The second-order valence-electron chi connectivity index (χ2n) is 7.52. The first-order chi connectivity index (χ1) is 14.3. The van der Waals surface area contributed by atoms with Crippen LogP contribution in [0.5, 0.6) is 5.75 Å². The first kappa shape index (κ1) is 22.8. The summed E-state index contributed by atoms with van der Waals surface area (Å²) in [6.07, 6.45) is 2.86. The summed E-state index contributed by atoms with van der Waals surface area (Å²) in [5, 5.41) is 2.90. The Morgan fingerprint density at radius 3 is 2.43 bits per heavy atom. The standard InChI is InChI=1S/C22H27BrN2O4S/c1-16-14-20(30(27,28)25-12-4-3-5-13-25)10-11-21(16)29-15-22(26)24-17(2)18-6-8-19(23)9-7-18/h6-11,14,17H,3-5,12-13,15H2,1-2H3,(H,24,26)/t17-/m1/s1. The number of rotatable bonds is 7. The predicted molar refractivity (Wildman–Crippen MR) is 120 cm³/mol. The lowest BCUT2D eigenvalue weighted by atomic mass is 10.1. The molecule has 8 heteroatoms. The average Bonchev–Trinajstić information content (AvgIpc) is 2.73. The molecule has 0 bridgehead atoms. The first-order valence-electron chi connectivity index (χ1n) is 10.1. The molecule has 162 valence electrons. The van der Waals surface area contributed by atoms with Crippen molar-refractivity contribution >= 4 is 31.9 Å². The number of aryl methyl sites for hydroxylation is 1. The average molecular weight is 495 g/mol. The fourth-order valence-electron chi connectivity index (χ4n) is 3.46. The molecular formula is C22H27BrN2O4S. The molecule has 0 aromatic heterocycles. The summed E-state index contributed by atoms with van der Waals surface area (Å²) in [4.78, 5) is 12.5. The van der Waals surface area contributed by atoms with E-state index in [-0.39, 0.29) is 23.5 Å². The van der Waals surface area contributed by atoms with Crippen molar-refractivity contribution < 1.29 is 17.9 Å². The van der Waals surface area contributed by atoms with Crippen molar-refractivity contribution in [3.8, 4) is 5.75 Å². The molecule has 2 aromatic rings. The van der Waals surface area contributed by atoms with Crippen LogP contribution in [0.3, 0.4) is 0 Å². The summed E-state index contributed by atoms with van der Waals surface area (Å²) in [6.45, 7) is 4.69. The van der Waals surface area contributed by atoms with Crippen molar-refractivity contribution in [2.75, 3.05) is 19.7 Å². The number of piperidine rings is 1. The van der Waals surface area contributed by atoms with Crippen molar-refractivity contribution in [2.45, 2.75) is 44.0 Å². The van der Waals surface area contributed by atoms with E-state index in [4.69, 9.17) is 4.74 Å². The minimum absolute atomic E-state index is 0.139. The van der Waals surface area contributed by atoms with Crippen LogP contribution in [-0.4, -0.2) is 38.3 Å². The normalized spacial score (nSPS) is 16.1. The largest absolute Gasteiger partial charge is 0.484 e. The van der Waals surface area contributed by atoms with E-state index in [1.165, 1.54) is 0 Å². The number of nitrogens with zero attached hydrogens (tertiary/aromatic N) is 1. The summed E-state index contributed by atoms with van der Waals surface area (Å²) in [5.74, 6) is 0.258. The predicted octanol–water partition coefficient (Wildman–Crippen LogP) is 4.19. The molecule has 3 rings (SSSR count). The minimum Gasteiger partial charge on any atom is -0.484 e. The second kappa shape index (κ2) is 9.94. The van der Waals surface area contributed by atoms with Gasteiger partial charge in [-0.25, -0.2) is 8.42 Å². The van der Waals surface area contributed by atoms with Crippen LogP contribution in [-0.2, 0) is 14.8 Å². The smallest absolute Gasteiger partial charge is 0.258 e. The number of sulfonamides is 1. The maximum absolute atomic E-state index is 12.8. The van der Waals surface area contributed by atoms with Gasteiger partial charge in [0.15, 0.2) is 6.61 Å². The summed E-state index contributed by atoms with van der Waals surface area (Å²) < 4.78 is 33.8. The van der Waals surface area contributed by atoms with E-state index in [2.05, 4.69) is 21.2 Å². The Morgan fingerprint density at radius 2 is 1.80 bits per heavy atom. The maximum atomic E-state index is 12.8. The van der Waals surface area contributed by atoms with Crippen LogP contribution in [0.1, 0.15) is 43.4 Å². The lowest BCUT2D eigenvalue weighted by molar-refractivity contribution is -0.123. The Bertz CT molecular complexity index is 987. The maximum Gasteiger partial charge on any atom is 0.258 e. The second-order valence-corrected chi connectivity index (χ2v) is 10.4. The van der Waals surface area contributed by atoms with Gasteiger partial charge in [0, 0.05) is 17.6 Å². The Kier molecular flexibility index (Phi) is 7.55. The monoisotopic (exact) mass is 494 g/mol. The van der Waals surface area contributed by atoms with Crippen LogP contribution in [0, 0.1) is 6.92 Å². The molecular weight excluding hydrogens is 468 g/mol. The van der Waals surface area contributed by atoms with Crippen LogP contribution >= 0.6 is 15.9 Å². The van der Waals surface area contributed by atoms with Gasteiger partial charge in [-0.15, -0.1) is 0 Å². The minimum atomic E-state index is -3.49. The molecule has 0 radical (unpaired) electrons. The van der Waals surface area contributed by atoms with Crippen LogP contribution in [0.4, 0.5) is 0 Å². The van der Waals surface area contributed by atoms with Gasteiger partial charge in [0.25, 0.3) is 5.91 Å². The third-order valence-corrected chi connectivity index (χ3v) is 7.63. The third kappa shape index (κ3) is 5.62. The van der Waals surface area contributed by atoms with Gasteiger partial charge in [-0.1, -0.05) is 34.5 Å². The van der Waals surface area contributed by atoms with Crippen LogP contribution in [0.2, 0.25) is 0 Å². The molecule has 1 atom stereocenters. The fourth-order valence-corrected chi connectivity index (χ4v) is 5.33. The number of benzene rings is 2. The molecule has 1 aliphatic rings. The molecule has 1 saturated heterocycles. The van der Waals surface area contributed by atoms with E-state index < -0.39 is 10.0 Å². The highest BCUT2D eigenvalue weighted by molar-refractivity contribution is 9.10. The number of hydrogen-bond acceptors (Lipinski definition) is 4. The highest BCUT2D eigenvalue weighted by Crippen LogP contribution is 2.26. The summed E-state index contributed by atoms with van der Waals surface area (Å²) in [7, 11) is -3.49. The lowest BCUT2D eigenvalue weighted by Gasteiger charge is -2.26. The molecule has 1 N–H and O–H groups in total. The number of halogens is 1. The molecule has 1 heterocycles.